The molecule has 4 rings (SSSR count). The van der Waals surface area contributed by atoms with E-state index in [1.807, 2.05) is 0 Å². The third-order valence-corrected chi connectivity index (χ3v) is 8.11. The molecule has 2 aliphatic heterocycles. The summed E-state index contributed by atoms with van der Waals surface area (Å²) in [6, 6.07) is 12.0. The SMILES string of the molecule is Cc1ccccc1S(=O)(=O)Nc1cc(C(=O)O)ccc1N1CCC(N2CCCCC2)CC1. The molecule has 32 heavy (non-hydrogen) atoms. The van der Waals surface area contributed by atoms with E-state index in [0.717, 1.165) is 31.6 Å². The van der Waals surface area contributed by atoms with Gasteiger partial charge in [-0.2, -0.15) is 0 Å². The van der Waals surface area contributed by atoms with Gasteiger partial charge in [0.15, 0.2) is 0 Å². The van der Waals surface area contributed by atoms with E-state index >= 15 is 0 Å². The van der Waals surface area contributed by atoms with Gasteiger partial charge in [-0.25, -0.2) is 13.2 Å². The molecule has 2 N–H and O–H groups in total. The van der Waals surface area contributed by atoms with Crippen LogP contribution in [0.5, 0.6) is 0 Å². The minimum Gasteiger partial charge on any atom is -0.478 e. The number of nitrogens with one attached hydrogen (secondary N) is 1. The van der Waals surface area contributed by atoms with Crippen molar-refractivity contribution in [3.63, 3.8) is 0 Å². The molecular weight excluding hydrogens is 426 g/mol. The van der Waals surface area contributed by atoms with E-state index in [0.29, 0.717) is 17.3 Å². The second-order valence-corrected chi connectivity index (χ2v) is 10.4. The van der Waals surface area contributed by atoms with Gasteiger partial charge in [0.25, 0.3) is 10.0 Å². The highest BCUT2D eigenvalue weighted by Gasteiger charge is 2.28. The van der Waals surface area contributed by atoms with Crippen LogP contribution in [0.25, 0.3) is 0 Å². The molecule has 172 valence electrons. The van der Waals surface area contributed by atoms with Crippen molar-refractivity contribution in [2.24, 2.45) is 0 Å². The molecule has 0 spiro atoms. The largest absolute Gasteiger partial charge is 0.478 e. The zero-order chi connectivity index (χ0) is 22.7. The number of piperidine rings is 2. The average molecular weight is 458 g/mol. The number of anilines is 2. The van der Waals surface area contributed by atoms with Gasteiger partial charge in [-0.1, -0.05) is 24.6 Å². The fourth-order valence-electron chi connectivity index (χ4n) is 4.84. The van der Waals surface area contributed by atoms with Crippen molar-refractivity contribution in [1.29, 1.82) is 0 Å². The number of carboxylic acid groups (broad SMARTS) is 1. The summed E-state index contributed by atoms with van der Waals surface area (Å²) in [5, 5.41) is 9.45. The summed E-state index contributed by atoms with van der Waals surface area (Å²) in [6.45, 7) is 5.70. The molecule has 2 fully saturated rings. The lowest BCUT2D eigenvalue weighted by Gasteiger charge is -2.41. The van der Waals surface area contributed by atoms with Crippen LogP contribution in [0.2, 0.25) is 0 Å². The third-order valence-electron chi connectivity index (χ3n) is 6.58. The van der Waals surface area contributed by atoms with E-state index in [-0.39, 0.29) is 10.5 Å². The fourth-order valence-corrected chi connectivity index (χ4v) is 6.15. The van der Waals surface area contributed by atoms with Crippen molar-refractivity contribution in [1.82, 2.24) is 4.90 Å². The Kier molecular flexibility index (Phi) is 6.71. The quantitative estimate of drug-likeness (QED) is 0.683. The number of aryl methyl sites for hydroxylation is 1. The average Bonchev–Trinajstić information content (AvgIpc) is 2.79. The Morgan fingerprint density at radius 3 is 2.34 bits per heavy atom. The predicted molar refractivity (Wildman–Crippen MR) is 126 cm³/mol. The molecule has 0 bridgehead atoms. The molecule has 0 amide bonds. The number of hydrogen-bond donors (Lipinski definition) is 2. The number of carbonyl (C=O) groups is 1. The van der Waals surface area contributed by atoms with Crippen molar-refractivity contribution >= 4 is 27.4 Å². The lowest BCUT2D eigenvalue weighted by Crippen LogP contribution is -2.46. The number of nitrogens with zero attached hydrogens (tertiary/aromatic N) is 2. The van der Waals surface area contributed by atoms with Gasteiger partial charge in [0.2, 0.25) is 0 Å². The molecule has 0 aromatic heterocycles. The Balaban J connectivity index is 1.58. The molecule has 0 atom stereocenters. The Labute approximate surface area is 190 Å². The van der Waals surface area contributed by atoms with E-state index in [9.17, 15) is 18.3 Å². The number of hydrogen-bond acceptors (Lipinski definition) is 5. The van der Waals surface area contributed by atoms with E-state index < -0.39 is 16.0 Å². The van der Waals surface area contributed by atoms with Gasteiger partial charge in [0.1, 0.15) is 0 Å². The zero-order valence-corrected chi connectivity index (χ0v) is 19.3. The van der Waals surface area contributed by atoms with Gasteiger partial charge < -0.3 is 14.9 Å². The number of likely N-dealkylation sites (tertiary alicyclic amines) is 1. The molecule has 0 aliphatic carbocycles. The summed E-state index contributed by atoms with van der Waals surface area (Å²) in [6.07, 6.45) is 5.88. The Bertz CT molecular complexity index is 1070. The predicted octanol–water partition coefficient (Wildman–Crippen LogP) is 3.95. The lowest BCUT2D eigenvalue weighted by atomic mass is 9.99. The van der Waals surface area contributed by atoms with Crippen molar-refractivity contribution in [2.75, 3.05) is 35.8 Å². The van der Waals surface area contributed by atoms with Crippen molar-refractivity contribution in [3.8, 4) is 0 Å². The van der Waals surface area contributed by atoms with Crippen LogP contribution in [0, 0.1) is 6.92 Å². The van der Waals surface area contributed by atoms with Crippen LogP contribution in [-0.2, 0) is 10.0 Å². The van der Waals surface area contributed by atoms with Crippen LogP contribution in [0.15, 0.2) is 47.4 Å². The van der Waals surface area contributed by atoms with Crippen LogP contribution in [-0.4, -0.2) is 56.6 Å². The highest BCUT2D eigenvalue weighted by Crippen LogP contribution is 2.33. The summed E-state index contributed by atoms with van der Waals surface area (Å²) in [4.78, 5) is 16.5. The number of rotatable bonds is 6. The maximum Gasteiger partial charge on any atom is 0.335 e. The molecule has 2 saturated heterocycles. The van der Waals surface area contributed by atoms with Gasteiger partial charge in [0, 0.05) is 19.1 Å². The van der Waals surface area contributed by atoms with Crippen LogP contribution in [0.4, 0.5) is 11.4 Å². The van der Waals surface area contributed by atoms with E-state index in [1.54, 1.807) is 43.3 Å². The Morgan fingerprint density at radius 2 is 1.69 bits per heavy atom. The van der Waals surface area contributed by atoms with Gasteiger partial charge >= 0.3 is 5.97 Å². The van der Waals surface area contributed by atoms with Crippen LogP contribution in [0.3, 0.4) is 0 Å². The standard InChI is InChI=1S/C24H31N3O4S/c1-18-7-3-4-8-23(18)32(30,31)25-21-17-19(24(28)29)9-10-22(21)27-15-11-20(12-16-27)26-13-5-2-6-14-26/h3-4,7-10,17,20,25H,2,5-6,11-16H2,1H3,(H,28,29). The Morgan fingerprint density at radius 1 is 1.00 bits per heavy atom. The van der Waals surface area contributed by atoms with Crippen molar-refractivity contribution in [2.45, 2.75) is 50.0 Å². The first-order valence-corrected chi connectivity index (χ1v) is 12.8. The highest BCUT2D eigenvalue weighted by molar-refractivity contribution is 7.92. The molecule has 0 unspecified atom stereocenters. The maximum absolute atomic E-state index is 13.1. The first-order valence-electron chi connectivity index (χ1n) is 11.3. The second-order valence-electron chi connectivity index (χ2n) is 8.72. The smallest absolute Gasteiger partial charge is 0.335 e. The number of sulfonamides is 1. The molecular formula is C24H31N3O4S. The summed E-state index contributed by atoms with van der Waals surface area (Å²) in [5.41, 5.74) is 1.73. The third kappa shape index (κ3) is 4.91. The van der Waals surface area contributed by atoms with Gasteiger partial charge in [0.05, 0.1) is 21.8 Å². The molecule has 2 aliphatic rings. The number of aromatic carboxylic acids is 1. The molecule has 0 radical (unpaired) electrons. The van der Waals surface area contributed by atoms with Crippen molar-refractivity contribution in [3.05, 3.63) is 53.6 Å². The molecule has 2 aromatic rings. The van der Waals surface area contributed by atoms with Crippen LogP contribution >= 0.6 is 0 Å². The first kappa shape index (κ1) is 22.6. The lowest BCUT2D eigenvalue weighted by molar-refractivity contribution is 0.0697. The second kappa shape index (κ2) is 9.50. The monoisotopic (exact) mass is 457 g/mol. The van der Waals surface area contributed by atoms with E-state index in [1.165, 1.54) is 38.4 Å². The normalized spacial score (nSPS) is 18.5. The number of carboxylic acids is 1. The first-order chi connectivity index (χ1) is 15.3. The maximum atomic E-state index is 13.1. The highest BCUT2D eigenvalue weighted by atomic mass is 32.2. The van der Waals surface area contributed by atoms with E-state index in [4.69, 9.17) is 0 Å². The molecule has 7 nitrogen and oxygen atoms in total. The summed E-state index contributed by atoms with van der Waals surface area (Å²) in [7, 11) is -3.85. The van der Waals surface area contributed by atoms with Gasteiger partial charge in [-0.05, 0) is 75.5 Å². The molecule has 2 heterocycles. The van der Waals surface area contributed by atoms with Crippen LogP contribution < -0.4 is 9.62 Å². The molecule has 8 heteroatoms. The topological polar surface area (TPSA) is 89.9 Å². The Hall–Kier alpha value is -2.58. The summed E-state index contributed by atoms with van der Waals surface area (Å²) >= 11 is 0. The fraction of sp³-hybridized carbons (Fsp3) is 0.458. The summed E-state index contributed by atoms with van der Waals surface area (Å²) < 4.78 is 28.9. The summed E-state index contributed by atoms with van der Waals surface area (Å²) in [5.74, 6) is -1.09. The van der Waals surface area contributed by atoms with Gasteiger partial charge in [-0.15, -0.1) is 0 Å². The zero-order valence-electron chi connectivity index (χ0n) is 18.5. The number of benzene rings is 2. The minimum atomic E-state index is -3.85. The van der Waals surface area contributed by atoms with Gasteiger partial charge in [-0.3, -0.25) is 4.72 Å². The molecule has 0 saturated carbocycles. The minimum absolute atomic E-state index is 0.0550. The van der Waals surface area contributed by atoms with Crippen LogP contribution in [0.1, 0.15) is 48.0 Å². The van der Waals surface area contributed by atoms with Crippen molar-refractivity contribution < 1.29 is 18.3 Å². The molecule has 2 aromatic carbocycles. The van der Waals surface area contributed by atoms with E-state index in [2.05, 4.69) is 14.5 Å².